The van der Waals surface area contributed by atoms with Crippen LogP contribution in [0.3, 0.4) is 0 Å². The minimum absolute atomic E-state index is 0.104. The molecule has 0 unspecified atom stereocenters. The van der Waals surface area contributed by atoms with E-state index in [0.29, 0.717) is 33.5 Å². The summed E-state index contributed by atoms with van der Waals surface area (Å²) in [5.41, 5.74) is 3.16. The molecule has 8 nitrogen and oxygen atoms in total. The van der Waals surface area contributed by atoms with Crippen molar-refractivity contribution in [2.45, 2.75) is 18.7 Å². The maximum absolute atomic E-state index is 13.5. The molecule has 0 aliphatic rings. The lowest BCUT2D eigenvalue weighted by atomic mass is 10.1. The minimum atomic E-state index is -3.86. The average molecular weight is 486 g/mol. The lowest BCUT2D eigenvalue weighted by Crippen LogP contribution is -2.26. The summed E-state index contributed by atoms with van der Waals surface area (Å²) in [6.07, 6.45) is 0. The van der Waals surface area contributed by atoms with Crippen LogP contribution in [0.1, 0.15) is 11.1 Å². The molecule has 0 N–H and O–H groups in total. The SMILES string of the molecule is COc1cc(OC)cc(-c2noc(-c3sccc3S(=O)(=O)N(C)c3cc(C)cc(C)c3)n2)c1. The van der Waals surface area contributed by atoms with Crippen molar-refractivity contribution in [3.8, 4) is 33.7 Å². The van der Waals surface area contributed by atoms with Crippen LogP contribution in [0.15, 0.2) is 57.3 Å². The molecule has 0 amide bonds. The van der Waals surface area contributed by atoms with Crippen molar-refractivity contribution in [3.05, 3.63) is 59.0 Å². The molecule has 0 spiro atoms. The number of sulfonamides is 1. The highest BCUT2D eigenvalue weighted by atomic mass is 32.2. The van der Waals surface area contributed by atoms with Crippen LogP contribution in [0.5, 0.6) is 11.5 Å². The first-order valence-electron chi connectivity index (χ1n) is 9.95. The smallest absolute Gasteiger partial charge is 0.269 e. The van der Waals surface area contributed by atoms with Gasteiger partial charge in [0.1, 0.15) is 21.3 Å². The molecule has 0 aliphatic carbocycles. The highest BCUT2D eigenvalue weighted by Gasteiger charge is 2.29. The molecular weight excluding hydrogens is 462 g/mol. The van der Waals surface area contributed by atoms with Crippen molar-refractivity contribution in [3.63, 3.8) is 0 Å². The zero-order valence-electron chi connectivity index (χ0n) is 18.8. The first kappa shape index (κ1) is 22.8. The fraction of sp³-hybridized carbons (Fsp3) is 0.217. The monoisotopic (exact) mass is 485 g/mol. The summed E-state index contributed by atoms with van der Waals surface area (Å²) < 4.78 is 44.2. The number of benzene rings is 2. The van der Waals surface area contributed by atoms with E-state index in [9.17, 15) is 8.42 Å². The quantitative estimate of drug-likeness (QED) is 0.366. The number of methoxy groups -OCH3 is 2. The van der Waals surface area contributed by atoms with Gasteiger partial charge in [-0.15, -0.1) is 11.3 Å². The van der Waals surface area contributed by atoms with E-state index in [1.807, 2.05) is 32.0 Å². The number of thiophene rings is 1. The molecule has 2 heterocycles. The van der Waals surface area contributed by atoms with Crippen molar-refractivity contribution in [2.24, 2.45) is 0 Å². The van der Waals surface area contributed by atoms with Gasteiger partial charge in [0.2, 0.25) is 5.82 Å². The summed E-state index contributed by atoms with van der Waals surface area (Å²) in [6.45, 7) is 3.86. The van der Waals surface area contributed by atoms with Crippen molar-refractivity contribution in [2.75, 3.05) is 25.6 Å². The van der Waals surface area contributed by atoms with Gasteiger partial charge >= 0.3 is 0 Å². The van der Waals surface area contributed by atoms with Gasteiger partial charge in [-0.2, -0.15) is 4.98 Å². The van der Waals surface area contributed by atoms with E-state index in [2.05, 4.69) is 10.1 Å². The Morgan fingerprint density at radius 3 is 2.21 bits per heavy atom. The molecule has 0 saturated heterocycles. The molecule has 0 radical (unpaired) electrons. The zero-order chi connectivity index (χ0) is 23.8. The molecule has 0 aliphatic heterocycles. The van der Waals surface area contributed by atoms with Crippen molar-refractivity contribution >= 4 is 27.0 Å². The van der Waals surface area contributed by atoms with Crippen LogP contribution < -0.4 is 13.8 Å². The fourth-order valence-corrected chi connectivity index (χ4v) is 5.94. The largest absolute Gasteiger partial charge is 0.497 e. The van der Waals surface area contributed by atoms with Gasteiger partial charge in [0.05, 0.1) is 19.9 Å². The second kappa shape index (κ2) is 8.87. The summed E-state index contributed by atoms with van der Waals surface area (Å²) in [5, 5.41) is 5.73. The number of ether oxygens (including phenoxy) is 2. The fourth-order valence-electron chi connectivity index (χ4n) is 3.44. The third-order valence-corrected chi connectivity index (χ3v) is 7.93. The molecule has 0 fully saturated rings. The van der Waals surface area contributed by atoms with Crippen molar-refractivity contribution < 1.29 is 22.4 Å². The maximum atomic E-state index is 13.5. The molecule has 2 aromatic carbocycles. The molecular formula is C23H23N3O5S2. The van der Waals surface area contributed by atoms with Crippen molar-refractivity contribution in [1.82, 2.24) is 10.1 Å². The van der Waals surface area contributed by atoms with Gasteiger partial charge in [-0.1, -0.05) is 11.2 Å². The van der Waals surface area contributed by atoms with Crippen LogP contribution >= 0.6 is 11.3 Å². The van der Waals surface area contributed by atoms with Crippen LogP contribution in [-0.2, 0) is 10.0 Å². The third-order valence-electron chi connectivity index (χ3n) is 5.07. The van der Waals surface area contributed by atoms with E-state index < -0.39 is 10.0 Å². The van der Waals surface area contributed by atoms with E-state index in [0.717, 1.165) is 11.1 Å². The van der Waals surface area contributed by atoms with Crippen molar-refractivity contribution in [1.29, 1.82) is 0 Å². The minimum Gasteiger partial charge on any atom is -0.497 e. The lowest BCUT2D eigenvalue weighted by Gasteiger charge is -2.20. The number of hydrogen-bond donors (Lipinski definition) is 0. The van der Waals surface area contributed by atoms with Crippen LogP contribution in [0, 0.1) is 13.8 Å². The summed E-state index contributed by atoms with van der Waals surface area (Å²) in [5.74, 6) is 1.56. The number of anilines is 1. The third kappa shape index (κ3) is 4.44. The Labute approximate surface area is 196 Å². The van der Waals surface area contributed by atoms with Gasteiger partial charge in [0.15, 0.2) is 0 Å². The number of nitrogens with zero attached hydrogens (tertiary/aromatic N) is 3. The Kier molecular flexibility index (Phi) is 6.13. The van der Waals surface area contributed by atoms with Gasteiger partial charge in [0.25, 0.3) is 15.9 Å². The van der Waals surface area contributed by atoms with Gasteiger partial charge in [0, 0.05) is 18.7 Å². The molecule has 0 atom stereocenters. The second-order valence-corrected chi connectivity index (χ2v) is 10.3. The Morgan fingerprint density at radius 2 is 1.61 bits per heavy atom. The predicted octanol–water partition coefficient (Wildman–Crippen LogP) is 4.92. The summed E-state index contributed by atoms with van der Waals surface area (Å²) in [4.78, 5) is 4.93. The van der Waals surface area contributed by atoms with Gasteiger partial charge in [-0.3, -0.25) is 4.31 Å². The Balaban J connectivity index is 1.72. The zero-order valence-corrected chi connectivity index (χ0v) is 20.5. The predicted molar refractivity (Wildman–Crippen MR) is 128 cm³/mol. The number of hydrogen-bond acceptors (Lipinski definition) is 8. The van der Waals surface area contributed by atoms with E-state index in [4.69, 9.17) is 14.0 Å². The summed E-state index contributed by atoms with van der Waals surface area (Å²) in [7, 11) is 0.774. The van der Waals surface area contributed by atoms with Gasteiger partial charge in [-0.25, -0.2) is 8.42 Å². The van der Waals surface area contributed by atoms with Gasteiger partial charge < -0.3 is 14.0 Å². The average Bonchev–Trinajstić information content (AvgIpc) is 3.47. The lowest BCUT2D eigenvalue weighted by molar-refractivity contribution is 0.394. The van der Waals surface area contributed by atoms with Crippen LogP contribution in [0.4, 0.5) is 5.69 Å². The molecule has 172 valence electrons. The normalized spacial score (nSPS) is 11.4. The highest BCUT2D eigenvalue weighted by molar-refractivity contribution is 7.93. The summed E-state index contributed by atoms with van der Waals surface area (Å²) in [6, 6.07) is 12.4. The second-order valence-electron chi connectivity index (χ2n) is 7.46. The summed E-state index contributed by atoms with van der Waals surface area (Å²) >= 11 is 1.22. The number of aromatic nitrogens is 2. The Hall–Kier alpha value is -3.37. The van der Waals surface area contributed by atoms with Gasteiger partial charge in [-0.05, 0) is 60.7 Å². The molecule has 10 heteroatoms. The van der Waals surface area contributed by atoms with E-state index in [1.54, 1.807) is 43.9 Å². The highest BCUT2D eigenvalue weighted by Crippen LogP contribution is 2.36. The van der Waals surface area contributed by atoms with Crippen LogP contribution in [-0.4, -0.2) is 39.8 Å². The first-order valence-corrected chi connectivity index (χ1v) is 12.3. The Morgan fingerprint density at radius 1 is 0.970 bits per heavy atom. The molecule has 4 rings (SSSR count). The maximum Gasteiger partial charge on any atom is 0.269 e. The molecule has 0 bridgehead atoms. The topological polar surface area (TPSA) is 94.8 Å². The first-order chi connectivity index (χ1) is 15.7. The molecule has 33 heavy (non-hydrogen) atoms. The van der Waals surface area contributed by atoms with Crippen LogP contribution in [0.2, 0.25) is 0 Å². The standard InChI is InChI=1S/C23H23N3O5S2/c1-14-8-15(2)10-17(9-14)26(3)33(27,28)20-6-7-32-21(20)23-24-22(25-31-23)16-11-18(29-4)13-19(12-16)30-5/h6-13H,1-5H3. The van der Waals surface area contributed by atoms with Crippen LogP contribution in [0.25, 0.3) is 22.2 Å². The van der Waals surface area contributed by atoms with E-state index in [1.165, 1.54) is 22.7 Å². The number of aryl methyl sites for hydroxylation is 2. The number of rotatable bonds is 7. The Bertz CT molecular complexity index is 1370. The molecule has 2 aromatic heterocycles. The molecule has 4 aromatic rings. The van der Waals surface area contributed by atoms with E-state index >= 15 is 0 Å². The molecule has 0 saturated carbocycles. The van der Waals surface area contributed by atoms with E-state index in [-0.39, 0.29) is 10.8 Å².